The van der Waals surface area contributed by atoms with Gasteiger partial charge in [0, 0.05) is 34.6 Å². The molecule has 8 nitrogen and oxygen atoms in total. The van der Waals surface area contributed by atoms with E-state index in [9.17, 15) is 13.5 Å². The average molecular weight is 605 g/mol. The molecule has 0 spiro atoms. The van der Waals surface area contributed by atoms with Gasteiger partial charge in [0.1, 0.15) is 5.82 Å². The minimum absolute atomic E-state index is 0.345. The van der Waals surface area contributed by atoms with Crippen LogP contribution in [0.3, 0.4) is 0 Å². The van der Waals surface area contributed by atoms with Gasteiger partial charge in [-0.05, 0) is 65.2 Å². The molecule has 0 fully saturated rings. The first kappa shape index (κ1) is 26.8. The van der Waals surface area contributed by atoms with Crippen LogP contribution < -0.4 is 14.8 Å². The Kier molecular flexibility index (Phi) is 6.86. The van der Waals surface area contributed by atoms with E-state index in [2.05, 4.69) is 16.9 Å². The standard InChI is InChI=1S/C30H23Cl2N5O3S/c31-22-10-13-26(27(32)15-22)28-17-36(24-2-1-3-25(16-24)37-18-30(38)35-41(37,39)40)29(34-28)14-19-4-6-20(7-5-19)21-8-11-23(33)12-9-21/h1-13,15-18,35,38H,14,33H2. The van der Waals surface area contributed by atoms with Gasteiger partial charge in [0.05, 0.1) is 22.6 Å². The van der Waals surface area contributed by atoms with E-state index in [0.717, 1.165) is 27.2 Å². The lowest BCUT2D eigenvalue weighted by Gasteiger charge is -2.16. The molecule has 0 saturated heterocycles. The Balaban J connectivity index is 1.40. The van der Waals surface area contributed by atoms with Crippen molar-refractivity contribution in [1.29, 1.82) is 0 Å². The number of aliphatic hydroxyl groups excluding tert-OH is 1. The average Bonchev–Trinajstić information content (AvgIpc) is 3.48. The summed E-state index contributed by atoms with van der Waals surface area (Å²) < 4.78 is 29.9. The summed E-state index contributed by atoms with van der Waals surface area (Å²) in [5.74, 6) is 0.255. The van der Waals surface area contributed by atoms with E-state index in [1.165, 1.54) is 0 Å². The molecule has 1 aliphatic heterocycles. The van der Waals surface area contributed by atoms with Crippen LogP contribution in [0.5, 0.6) is 0 Å². The topological polar surface area (TPSA) is 113 Å². The quantitative estimate of drug-likeness (QED) is 0.187. The minimum atomic E-state index is -3.94. The predicted molar refractivity (Wildman–Crippen MR) is 163 cm³/mol. The van der Waals surface area contributed by atoms with Gasteiger partial charge in [0.15, 0.2) is 0 Å². The molecule has 2 heterocycles. The van der Waals surface area contributed by atoms with Crippen molar-refractivity contribution in [3.05, 3.63) is 131 Å². The van der Waals surface area contributed by atoms with E-state index in [0.29, 0.717) is 50.6 Å². The van der Waals surface area contributed by atoms with Crippen molar-refractivity contribution in [1.82, 2.24) is 14.3 Å². The van der Waals surface area contributed by atoms with E-state index in [1.807, 2.05) is 59.3 Å². The molecule has 4 N–H and O–H groups in total. The Hall–Kier alpha value is -4.44. The lowest BCUT2D eigenvalue weighted by Crippen LogP contribution is -2.29. The van der Waals surface area contributed by atoms with Crippen molar-refractivity contribution < 1.29 is 13.5 Å². The molecular weight excluding hydrogens is 581 g/mol. The molecule has 1 aromatic heterocycles. The van der Waals surface area contributed by atoms with Crippen LogP contribution in [0.2, 0.25) is 10.0 Å². The molecule has 4 aromatic carbocycles. The Morgan fingerprint density at radius 2 is 1.56 bits per heavy atom. The molecule has 5 aromatic rings. The number of nitrogens with two attached hydrogens (primary N) is 1. The zero-order valence-electron chi connectivity index (χ0n) is 21.4. The number of halogens is 2. The van der Waals surface area contributed by atoms with Gasteiger partial charge in [-0.1, -0.05) is 65.7 Å². The summed E-state index contributed by atoms with van der Waals surface area (Å²) in [6.45, 7) is 0. The zero-order valence-corrected chi connectivity index (χ0v) is 23.7. The zero-order chi connectivity index (χ0) is 28.7. The van der Waals surface area contributed by atoms with Crippen molar-refractivity contribution in [2.75, 3.05) is 10.0 Å². The van der Waals surface area contributed by atoms with Crippen molar-refractivity contribution >= 4 is 44.8 Å². The van der Waals surface area contributed by atoms with Gasteiger partial charge in [0.2, 0.25) is 5.88 Å². The highest BCUT2D eigenvalue weighted by molar-refractivity contribution is 7.91. The molecule has 0 radical (unpaired) electrons. The van der Waals surface area contributed by atoms with Gasteiger partial charge in [-0.2, -0.15) is 8.42 Å². The SMILES string of the molecule is Nc1ccc(-c2ccc(Cc3nc(-c4ccc(Cl)cc4Cl)cn3-c3cccc(N4C=C(O)NS4(=O)=O)c3)cc2)cc1. The molecule has 0 bridgehead atoms. The summed E-state index contributed by atoms with van der Waals surface area (Å²) in [6.07, 6.45) is 3.46. The second-order valence-electron chi connectivity index (χ2n) is 9.47. The highest BCUT2D eigenvalue weighted by atomic mass is 35.5. The Morgan fingerprint density at radius 1 is 0.878 bits per heavy atom. The van der Waals surface area contributed by atoms with Crippen molar-refractivity contribution in [3.8, 4) is 28.1 Å². The Morgan fingerprint density at radius 3 is 2.22 bits per heavy atom. The normalized spacial score (nSPS) is 14.1. The number of hydrogen-bond acceptors (Lipinski definition) is 5. The van der Waals surface area contributed by atoms with Crippen LogP contribution in [-0.4, -0.2) is 23.1 Å². The number of nitrogens with one attached hydrogen (secondary N) is 1. The summed E-state index contributed by atoms with van der Waals surface area (Å²) in [4.78, 5) is 4.93. The van der Waals surface area contributed by atoms with Crippen molar-refractivity contribution in [2.45, 2.75) is 6.42 Å². The molecule has 0 saturated carbocycles. The third kappa shape index (κ3) is 5.47. The van der Waals surface area contributed by atoms with Gasteiger partial charge in [0.25, 0.3) is 0 Å². The third-order valence-corrected chi connectivity index (χ3v) is 8.49. The van der Waals surface area contributed by atoms with Gasteiger partial charge < -0.3 is 15.4 Å². The lowest BCUT2D eigenvalue weighted by molar-refractivity contribution is 0.392. The van der Waals surface area contributed by atoms with Crippen LogP contribution in [0.25, 0.3) is 28.1 Å². The largest absolute Gasteiger partial charge is 0.493 e. The molecule has 0 unspecified atom stereocenters. The molecule has 11 heteroatoms. The van der Waals surface area contributed by atoms with Crippen molar-refractivity contribution in [3.63, 3.8) is 0 Å². The summed E-state index contributed by atoms with van der Waals surface area (Å²) in [5, 5.41) is 10.7. The van der Waals surface area contributed by atoms with Gasteiger partial charge in [-0.25, -0.2) is 14.0 Å². The first-order chi connectivity index (χ1) is 19.7. The molecule has 6 rings (SSSR count). The van der Waals surface area contributed by atoms with E-state index >= 15 is 0 Å². The minimum Gasteiger partial charge on any atom is -0.493 e. The highest BCUT2D eigenvalue weighted by Gasteiger charge is 2.29. The van der Waals surface area contributed by atoms with Crippen LogP contribution in [0, 0.1) is 0 Å². The summed E-state index contributed by atoms with van der Waals surface area (Å²) in [7, 11) is -3.94. The van der Waals surface area contributed by atoms with E-state index < -0.39 is 16.1 Å². The van der Waals surface area contributed by atoms with Gasteiger partial charge in [-0.15, -0.1) is 0 Å². The third-order valence-electron chi connectivity index (χ3n) is 6.64. The van der Waals surface area contributed by atoms with Crippen LogP contribution in [0.15, 0.2) is 109 Å². The molecule has 41 heavy (non-hydrogen) atoms. The molecule has 1 aliphatic rings. The molecule has 0 aliphatic carbocycles. The second kappa shape index (κ2) is 10.5. The van der Waals surface area contributed by atoms with Gasteiger partial charge >= 0.3 is 10.2 Å². The van der Waals surface area contributed by atoms with Crippen LogP contribution in [-0.2, 0) is 16.6 Å². The van der Waals surface area contributed by atoms with E-state index in [4.69, 9.17) is 33.9 Å². The lowest BCUT2D eigenvalue weighted by atomic mass is 10.0. The Labute approximate surface area is 247 Å². The first-order valence-electron chi connectivity index (χ1n) is 12.5. The number of nitrogen functional groups attached to an aromatic ring is 1. The maximum Gasteiger partial charge on any atom is 0.330 e. The second-order valence-corrected chi connectivity index (χ2v) is 11.9. The number of anilines is 2. The smallest absolute Gasteiger partial charge is 0.330 e. The summed E-state index contributed by atoms with van der Waals surface area (Å²) in [6, 6.07) is 28.1. The number of hydrogen-bond donors (Lipinski definition) is 3. The van der Waals surface area contributed by atoms with E-state index in [-0.39, 0.29) is 0 Å². The summed E-state index contributed by atoms with van der Waals surface area (Å²) >= 11 is 12.6. The number of imidazole rings is 1. The monoisotopic (exact) mass is 603 g/mol. The number of aliphatic hydroxyl groups is 1. The Bertz CT molecular complexity index is 1900. The molecule has 0 amide bonds. The predicted octanol–water partition coefficient (Wildman–Crippen LogP) is 6.70. The fourth-order valence-electron chi connectivity index (χ4n) is 4.65. The van der Waals surface area contributed by atoms with Crippen LogP contribution in [0.1, 0.15) is 11.4 Å². The van der Waals surface area contributed by atoms with Crippen LogP contribution in [0.4, 0.5) is 11.4 Å². The van der Waals surface area contributed by atoms with Gasteiger partial charge in [-0.3, -0.25) is 0 Å². The summed E-state index contributed by atoms with van der Waals surface area (Å²) in [5.41, 5.74) is 12.1. The maximum absolute atomic E-state index is 12.5. The highest BCUT2D eigenvalue weighted by Crippen LogP contribution is 2.33. The first-order valence-corrected chi connectivity index (χ1v) is 14.7. The number of nitrogens with zero attached hydrogens (tertiary/aromatic N) is 3. The fraction of sp³-hybridized carbons (Fsp3) is 0.0333. The maximum atomic E-state index is 12.5. The number of rotatable bonds is 6. The molecule has 0 atom stereocenters. The molecule has 206 valence electrons. The number of aromatic nitrogens is 2. The van der Waals surface area contributed by atoms with Crippen LogP contribution >= 0.6 is 23.2 Å². The van der Waals surface area contributed by atoms with E-state index in [1.54, 1.807) is 30.3 Å². The number of benzene rings is 4. The van der Waals surface area contributed by atoms with Crippen molar-refractivity contribution in [2.24, 2.45) is 0 Å². The molecular formula is C30H23Cl2N5O3S. The fourth-order valence-corrected chi connectivity index (χ4v) is 6.20.